The quantitative estimate of drug-likeness (QED) is 0.472. The van der Waals surface area contributed by atoms with Crippen LogP contribution in [-0.4, -0.2) is 17.9 Å². The second-order valence-electron chi connectivity index (χ2n) is 9.38. The SMILES string of the molecule is Cc1ccc(C)c(O[C@@H](C)C(=O)Nc2cccc(NC(=O)c3ccc(C(C)(C)C)cc3)c2)c1. The van der Waals surface area contributed by atoms with Crippen LogP contribution in [0.2, 0.25) is 0 Å². The summed E-state index contributed by atoms with van der Waals surface area (Å²) in [5.74, 6) is 0.221. The summed E-state index contributed by atoms with van der Waals surface area (Å²) < 4.78 is 5.86. The van der Waals surface area contributed by atoms with E-state index in [-0.39, 0.29) is 17.2 Å². The van der Waals surface area contributed by atoms with E-state index in [1.165, 1.54) is 5.56 Å². The van der Waals surface area contributed by atoms with Crippen LogP contribution in [0.15, 0.2) is 66.7 Å². The molecule has 172 valence electrons. The third-order valence-corrected chi connectivity index (χ3v) is 5.42. The Morgan fingerprint density at radius 3 is 2.12 bits per heavy atom. The summed E-state index contributed by atoms with van der Waals surface area (Å²) in [6.45, 7) is 12.0. The fourth-order valence-electron chi connectivity index (χ4n) is 3.32. The van der Waals surface area contributed by atoms with Crippen LogP contribution in [0.25, 0.3) is 0 Å². The lowest BCUT2D eigenvalue weighted by Crippen LogP contribution is -2.30. The molecule has 0 aliphatic rings. The first-order chi connectivity index (χ1) is 15.5. The summed E-state index contributed by atoms with van der Waals surface area (Å²) in [7, 11) is 0. The van der Waals surface area contributed by atoms with Crippen molar-refractivity contribution in [3.05, 3.63) is 89.0 Å². The maximum absolute atomic E-state index is 12.7. The number of nitrogens with one attached hydrogen (secondary N) is 2. The van der Waals surface area contributed by atoms with E-state index in [0.29, 0.717) is 22.7 Å². The van der Waals surface area contributed by atoms with Crippen LogP contribution in [0.3, 0.4) is 0 Å². The van der Waals surface area contributed by atoms with Crippen molar-refractivity contribution < 1.29 is 14.3 Å². The molecule has 3 aromatic carbocycles. The first-order valence-corrected chi connectivity index (χ1v) is 11.1. The van der Waals surface area contributed by atoms with E-state index in [9.17, 15) is 9.59 Å². The number of benzene rings is 3. The second kappa shape index (κ2) is 9.90. The van der Waals surface area contributed by atoms with E-state index in [1.54, 1.807) is 31.2 Å². The zero-order valence-electron chi connectivity index (χ0n) is 20.2. The molecule has 3 rings (SSSR count). The zero-order chi connectivity index (χ0) is 24.2. The number of anilines is 2. The van der Waals surface area contributed by atoms with E-state index >= 15 is 0 Å². The van der Waals surface area contributed by atoms with Crippen LogP contribution >= 0.6 is 0 Å². The van der Waals surface area contributed by atoms with Gasteiger partial charge in [0.15, 0.2) is 6.10 Å². The van der Waals surface area contributed by atoms with Gasteiger partial charge in [0.25, 0.3) is 11.8 Å². The predicted molar refractivity (Wildman–Crippen MR) is 134 cm³/mol. The topological polar surface area (TPSA) is 67.4 Å². The number of aryl methyl sites for hydroxylation is 2. The highest BCUT2D eigenvalue weighted by atomic mass is 16.5. The van der Waals surface area contributed by atoms with Crippen molar-refractivity contribution in [3.8, 4) is 5.75 Å². The third kappa shape index (κ3) is 6.45. The minimum atomic E-state index is -0.676. The molecule has 0 saturated carbocycles. The lowest BCUT2D eigenvalue weighted by molar-refractivity contribution is -0.122. The minimum absolute atomic E-state index is 0.0282. The van der Waals surface area contributed by atoms with Gasteiger partial charge in [-0.05, 0) is 79.3 Å². The Morgan fingerprint density at radius 2 is 1.48 bits per heavy atom. The van der Waals surface area contributed by atoms with Crippen molar-refractivity contribution in [3.63, 3.8) is 0 Å². The van der Waals surface area contributed by atoms with Crippen LogP contribution in [0.1, 0.15) is 54.7 Å². The molecule has 0 bridgehead atoms. The fraction of sp³-hybridized carbons (Fsp3) is 0.286. The Bertz CT molecular complexity index is 1140. The molecule has 2 N–H and O–H groups in total. The summed E-state index contributed by atoms with van der Waals surface area (Å²) in [5, 5.41) is 5.75. The summed E-state index contributed by atoms with van der Waals surface area (Å²) >= 11 is 0. The molecule has 0 saturated heterocycles. The Hall–Kier alpha value is -3.60. The Morgan fingerprint density at radius 1 is 0.848 bits per heavy atom. The highest BCUT2D eigenvalue weighted by molar-refractivity contribution is 6.04. The number of amides is 2. The van der Waals surface area contributed by atoms with E-state index < -0.39 is 6.10 Å². The molecule has 0 radical (unpaired) electrons. The van der Waals surface area contributed by atoms with E-state index in [1.807, 2.05) is 56.3 Å². The normalized spacial score (nSPS) is 12.1. The van der Waals surface area contributed by atoms with E-state index in [4.69, 9.17) is 4.74 Å². The molecule has 2 amide bonds. The standard InChI is InChI=1S/C28H32N2O3/c1-18-10-11-19(2)25(16-18)33-20(3)26(31)29-23-8-7-9-24(17-23)30-27(32)21-12-14-22(15-13-21)28(4,5)6/h7-17,20H,1-6H3,(H,29,31)(H,30,32)/t20-/m0/s1. The van der Waals surface area contributed by atoms with Gasteiger partial charge in [0, 0.05) is 16.9 Å². The zero-order valence-corrected chi connectivity index (χ0v) is 20.2. The fourth-order valence-corrected chi connectivity index (χ4v) is 3.32. The van der Waals surface area contributed by atoms with Crippen LogP contribution < -0.4 is 15.4 Å². The monoisotopic (exact) mass is 444 g/mol. The predicted octanol–water partition coefficient (Wildman–Crippen LogP) is 6.26. The molecule has 0 aliphatic carbocycles. The Kier molecular flexibility index (Phi) is 7.22. The van der Waals surface area contributed by atoms with Gasteiger partial charge in [-0.2, -0.15) is 0 Å². The van der Waals surface area contributed by atoms with Crippen molar-refractivity contribution in [2.45, 2.75) is 53.1 Å². The molecular weight excluding hydrogens is 412 g/mol. The number of hydrogen-bond donors (Lipinski definition) is 2. The van der Waals surface area contributed by atoms with Gasteiger partial charge >= 0.3 is 0 Å². The summed E-state index contributed by atoms with van der Waals surface area (Å²) in [6, 6.07) is 20.6. The molecular formula is C28H32N2O3. The number of hydrogen-bond acceptors (Lipinski definition) is 3. The second-order valence-corrected chi connectivity index (χ2v) is 9.38. The maximum atomic E-state index is 12.7. The van der Waals surface area contributed by atoms with Gasteiger partial charge in [0.05, 0.1) is 0 Å². The smallest absolute Gasteiger partial charge is 0.265 e. The largest absolute Gasteiger partial charge is 0.481 e. The van der Waals surface area contributed by atoms with Gasteiger partial charge < -0.3 is 15.4 Å². The molecule has 0 aromatic heterocycles. The Balaban J connectivity index is 1.63. The molecule has 0 heterocycles. The number of carbonyl (C=O) groups is 2. The Labute approximate surface area is 196 Å². The van der Waals surface area contributed by atoms with Crippen molar-refractivity contribution in [1.82, 2.24) is 0 Å². The number of ether oxygens (including phenoxy) is 1. The summed E-state index contributed by atoms with van der Waals surface area (Å²) in [5.41, 5.74) is 4.99. The molecule has 0 spiro atoms. The van der Waals surface area contributed by atoms with Gasteiger partial charge in [0.1, 0.15) is 5.75 Å². The van der Waals surface area contributed by atoms with Gasteiger partial charge in [-0.3, -0.25) is 9.59 Å². The van der Waals surface area contributed by atoms with Crippen LogP contribution in [0, 0.1) is 13.8 Å². The van der Waals surface area contributed by atoms with Gasteiger partial charge in [0.2, 0.25) is 0 Å². The van der Waals surface area contributed by atoms with Crippen molar-refractivity contribution in [2.24, 2.45) is 0 Å². The molecule has 5 heteroatoms. The summed E-state index contributed by atoms with van der Waals surface area (Å²) in [6.07, 6.45) is -0.676. The van der Waals surface area contributed by atoms with Crippen molar-refractivity contribution >= 4 is 23.2 Å². The molecule has 1 atom stereocenters. The molecule has 33 heavy (non-hydrogen) atoms. The lowest BCUT2D eigenvalue weighted by atomic mass is 9.87. The molecule has 0 unspecified atom stereocenters. The number of carbonyl (C=O) groups excluding carboxylic acids is 2. The van der Waals surface area contributed by atoms with Crippen LogP contribution in [0.4, 0.5) is 11.4 Å². The van der Waals surface area contributed by atoms with Gasteiger partial charge in [-0.25, -0.2) is 0 Å². The molecule has 5 nitrogen and oxygen atoms in total. The highest BCUT2D eigenvalue weighted by Crippen LogP contribution is 2.23. The first kappa shape index (κ1) is 24.1. The maximum Gasteiger partial charge on any atom is 0.265 e. The minimum Gasteiger partial charge on any atom is -0.481 e. The molecule has 0 fully saturated rings. The average molecular weight is 445 g/mol. The van der Waals surface area contributed by atoms with Gasteiger partial charge in [-0.15, -0.1) is 0 Å². The number of rotatable bonds is 6. The molecule has 0 aliphatic heterocycles. The van der Waals surface area contributed by atoms with E-state index in [0.717, 1.165) is 11.1 Å². The third-order valence-electron chi connectivity index (χ3n) is 5.42. The van der Waals surface area contributed by atoms with Gasteiger partial charge in [-0.1, -0.05) is 51.1 Å². The highest BCUT2D eigenvalue weighted by Gasteiger charge is 2.17. The molecule has 3 aromatic rings. The van der Waals surface area contributed by atoms with Crippen molar-refractivity contribution in [1.29, 1.82) is 0 Å². The van der Waals surface area contributed by atoms with Crippen LogP contribution in [-0.2, 0) is 10.2 Å². The average Bonchev–Trinajstić information content (AvgIpc) is 2.76. The lowest BCUT2D eigenvalue weighted by Gasteiger charge is -2.19. The first-order valence-electron chi connectivity index (χ1n) is 11.1. The summed E-state index contributed by atoms with van der Waals surface area (Å²) in [4.78, 5) is 25.3. The van der Waals surface area contributed by atoms with Crippen LogP contribution in [0.5, 0.6) is 5.75 Å². The van der Waals surface area contributed by atoms with E-state index in [2.05, 4.69) is 31.4 Å². The van der Waals surface area contributed by atoms with Crippen molar-refractivity contribution in [2.75, 3.05) is 10.6 Å².